The topological polar surface area (TPSA) is 59.8 Å². The summed E-state index contributed by atoms with van der Waals surface area (Å²) in [4.78, 5) is 13.1. The fourth-order valence-corrected chi connectivity index (χ4v) is 4.15. The molecule has 0 spiro atoms. The third-order valence-corrected chi connectivity index (χ3v) is 6.09. The molecule has 0 bridgehead atoms. The number of carbonyl (C=O) groups excluding carboxylic acids is 1. The van der Waals surface area contributed by atoms with Gasteiger partial charge < -0.3 is 9.88 Å². The van der Waals surface area contributed by atoms with E-state index >= 15 is 0 Å². The molecule has 0 fully saturated rings. The lowest BCUT2D eigenvalue weighted by molar-refractivity contribution is -0.115. The molecule has 1 heterocycles. The molecule has 5 nitrogen and oxygen atoms in total. The quantitative estimate of drug-likeness (QED) is 0.417. The number of thioether (sulfide) groups is 1. The van der Waals surface area contributed by atoms with Gasteiger partial charge in [0.25, 0.3) is 0 Å². The molecule has 0 aliphatic carbocycles. The predicted octanol–water partition coefficient (Wildman–Crippen LogP) is 5.02. The average molecular weight is 433 g/mol. The van der Waals surface area contributed by atoms with Gasteiger partial charge in [-0.3, -0.25) is 4.79 Å². The van der Waals surface area contributed by atoms with Crippen LogP contribution in [-0.2, 0) is 18.3 Å². The molecule has 0 radical (unpaired) electrons. The average Bonchev–Trinajstić information content (AvgIpc) is 3.14. The van der Waals surface area contributed by atoms with Crippen molar-refractivity contribution in [1.82, 2.24) is 14.8 Å². The molecule has 0 aliphatic heterocycles. The van der Waals surface area contributed by atoms with Gasteiger partial charge >= 0.3 is 0 Å². The number of rotatable bonds is 7. The van der Waals surface area contributed by atoms with Crippen LogP contribution in [0.5, 0.6) is 0 Å². The van der Waals surface area contributed by atoms with Gasteiger partial charge in [0, 0.05) is 19.2 Å². The lowest BCUT2D eigenvalue weighted by atomic mass is 10.1. The second kappa shape index (κ2) is 9.57. The van der Waals surface area contributed by atoms with Crippen LogP contribution in [-0.4, -0.2) is 20.7 Å². The maximum absolute atomic E-state index is 13.2. The Labute approximate surface area is 184 Å². The number of nitrogens with zero attached hydrogens (tertiary/aromatic N) is 3. The molecule has 0 aliphatic rings. The Bertz CT molecular complexity index is 1150. The van der Waals surface area contributed by atoms with Gasteiger partial charge in [-0.25, -0.2) is 4.39 Å². The first-order valence-electron chi connectivity index (χ1n) is 9.80. The first-order valence-corrected chi connectivity index (χ1v) is 10.7. The molecule has 4 aromatic rings. The fourth-order valence-electron chi connectivity index (χ4n) is 3.13. The van der Waals surface area contributed by atoms with E-state index in [2.05, 4.69) is 15.5 Å². The number of aromatic nitrogens is 3. The van der Waals surface area contributed by atoms with Gasteiger partial charge in [-0.1, -0.05) is 72.4 Å². The van der Waals surface area contributed by atoms with Crippen molar-refractivity contribution in [3.8, 4) is 0 Å². The molecule has 1 aromatic heterocycles. The summed E-state index contributed by atoms with van der Waals surface area (Å²) in [6, 6.07) is 25.3. The molecule has 7 heteroatoms. The maximum atomic E-state index is 13.2. The molecule has 0 unspecified atom stereocenters. The molecule has 0 saturated heterocycles. The van der Waals surface area contributed by atoms with Gasteiger partial charge in [0.05, 0.1) is 0 Å². The summed E-state index contributed by atoms with van der Waals surface area (Å²) < 4.78 is 15.1. The second-order valence-corrected chi connectivity index (χ2v) is 8.10. The minimum Gasteiger partial charge on any atom is -0.325 e. The van der Waals surface area contributed by atoms with Gasteiger partial charge in [-0.05, 0) is 35.4 Å². The summed E-state index contributed by atoms with van der Waals surface area (Å²) in [6.07, 6.45) is 0.655. The van der Waals surface area contributed by atoms with Crippen LogP contribution in [0.4, 0.5) is 10.1 Å². The Morgan fingerprint density at radius 3 is 2.29 bits per heavy atom. The van der Waals surface area contributed by atoms with Crippen LogP contribution in [0.25, 0.3) is 0 Å². The van der Waals surface area contributed by atoms with Crippen LogP contribution in [0.2, 0.25) is 0 Å². The summed E-state index contributed by atoms with van der Waals surface area (Å²) in [5.41, 5.74) is 2.53. The van der Waals surface area contributed by atoms with Crippen molar-refractivity contribution in [3.63, 3.8) is 0 Å². The smallest absolute Gasteiger partial charge is 0.242 e. The third-order valence-electron chi connectivity index (χ3n) is 4.81. The first kappa shape index (κ1) is 20.8. The van der Waals surface area contributed by atoms with Crippen molar-refractivity contribution in [3.05, 3.63) is 108 Å². The normalized spacial score (nSPS) is 11.8. The molecule has 156 valence electrons. The van der Waals surface area contributed by atoms with Crippen LogP contribution in [0.1, 0.15) is 22.2 Å². The third kappa shape index (κ3) is 5.19. The van der Waals surface area contributed by atoms with Gasteiger partial charge in [0.2, 0.25) is 5.91 Å². The lowest BCUT2D eigenvalue weighted by Gasteiger charge is -2.16. The van der Waals surface area contributed by atoms with Crippen molar-refractivity contribution in [2.45, 2.75) is 16.8 Å². The van der Waals surface area contributed by atoms with E-state index in [9.17, 15) is 9.18 Å². The Morgan fingerprint density at radius 2 is 1.61 bits per heavy atom. The lowest BCUT2D eigenvalue weighted by Crippen LogP contribution is -2.19. The zero-order chi connectivity index (χ0) is 21.6. The molecule has 1 amide bonds. The van der Waals surface area contributed by atoms with Gasteiger partial charge in [0.15, 0.2) is 5.16 Å². The van der Waals surface area contributed by atoms with Gasteiger partial charge in [0.1, 0.15) is 16.9 Å². The van der Waals surface area contributed by atoms with Crippen LogP contribution < -0.4 is 5.32 Å². The fraction of sp³-hybridized carbons (Fsp3) is 0.125. The summed E-state index contributed by atoms with van der Waals surface area (Å²) in [6.45, 7) is 0. The van der Waals surface area contributed by atoms with E-state index in [1.165, 1.54) is 23.9 Å². The zero-order valence-corrected chi connectivity index (χ0v) is 17.7. The van der Waals surface area contributed by atoms with E-state index in [1.54, 1.807) is 12.1 Å². The standard InChI is InChI=1S/C24H21FN4OS/c1-29-21(16-17-8-4-2-5-9-17)27-28-24(29)31-22(18-10-6-3-7-11-18)23(30)26-20-14-12-19(25)13-15-20/h2-15,22H,16H2,1H3,(H,26,30)/t22-/m1/s1. The van der Waals surface area contributed by atoms with E-state index in [-0.39, 0.29) is 11.7 Å². The van der Waals surface area contributed by atoms with Crippen molar-refractivity contribution in [2.24, 2.45) is 7.05 Å². The number of amides is 1. The van der Waals surface area contributed by atoms with E-state index in [4.69, 9.17) is 0 Å². The number of hydrogen-bond donors (Lipinski definition) is 1. The van der Waals surface area contributed by atoms with E-state index in [0.717, 1.165) is 17.0 Å². The second-order valence-electron chi connectivity index (χ2n) is 7.02. The van der Waals surface area contributed by atoms with Crippen LogP contribution in [0.3, 0.4) is 0 Å². The Kier molecular flexibility index (Phi) is 6.43. The number of hydrogen-bond acceptors (Lipinski definition) is 4. The Hall–Kier alpha value is -3.45. The van der Waals surface area contributed by atoms with Gasteiger partial charge in [-0.2, -0.15) is 0 Å². The van der Waals surface area contributed by atoms with Crippen molar-refractivity contribution < 1.29 is 9.18 Å². The highest BCUT2D eigenvalue weighted by Gasteiger charge is 2.25. The summed E-state index contributed by atoms with van der Waals surface area (Å²) in [5.74, 6) is 0.256. The summed E-state index contributed by atoms with van der Waals surface area (Å²) in [5, 5.41) is 11.6. The monoisotopic (exact) mass is 432 g/mol. The first-order chi connectivity index (χ1) is 15.1. The number of carbonyl (C=O) groups is 1. The van der Waals surface area contributed by atoms with E-state index in [1.807, 2.05) is 72.3 Å². The highest BCUT2D eigenvalue weighted by atomic mass is 32.2. The predicted molar refractivity (Wildman–Crippen MR) is 120 cm³/mol. The highest BCUT2D eigenvalue weighted by Crippen LogP contribution is 2.35. The Morgan fingerprint density at radius 1 is 0.968 bits per heavy atom. The van der Waals surface area contributed by atoms with Crippen LogP contribution in [0, 0.1) is 5.82 Å². The van der Waals surface area contributed by atoms with Crippen molar-refractivity contribution in [2.75, 3.05) is 5.32 Å². The van der Waals surface area contributed by atoms with Crippen molar-refractivity contribution in [1.29, 1.82) is 0 Å². The van der Waals surface area contributed by atoms with Crippen molar-refractivity contribution >= 4 is 23.4 Å². The molecular weight excluding hydrogens is 411 g/mol. The molecular formula is C24H21FN4OS. The number of benzene rings is 3. The number of anilines is 1. The number of nitrogens with one attached hydrogen (secondary N) is 1. The minimum atomic E-state index is -0.543. The molecule has 0 saturated carbocycles. The van der Waals surface area contributed by atoms with Crippen LogP contribution >= 0.6 is 11.8 Å². The number of halogens is 1. The van der Waals surface area contributed by atoms with E-state index in [0.29, 0.717) is 17.3 Å². The largest absolute Gasteiger partial charge is 0.325 e. The highest BCUT2D eigenvalue weighted by molar-refractivity contribution is 8.00. The summed E-state index contributed by atoms with van der Waals surface area (Å²) in [7, 11) is 1.90. The molecule has 4 rings (SSSR count). The summed E-state index contributed by atoms with van der Waals surface area (Å²) >= 11 is 1.33. The minimum absolute atomic E-state index is 0.213. The zero-order valence-electron chi connectivity index (χ0n) is 16.9. The van der Waals surface area contributed by atoms with Crippen LogP contribution in [0.15, 0.2) is 90.1 Å². The SMILES string of the molecule is Cn1c(Cc2ccccc2)nnc1S[C@@H](C(=O)Nc1ccc(F)cc1)c1ccccc1. The molecule has 31 heavy (non-hydrogen) atoms. The van der Waals surface area contributed by atoms with E-state index < -0.39 is 5.25 Å². The molecule has 1 atom stereocenters. The maximum Gasteiger partial charge on any atom is 0.242 e. The molecule has 1 N–H and O–H groups in total. The van der Waals surface area contributed by atoms with Gasteiger partial charge in [-0.15, -0.1) is 10.2 Å². The Balaban J connectivity index is 1.57. The molecule has 3 aromatic carbocycles.